The van der Waals surface area contributed by atoms with Crippen molar-refractivity contribution in [3.05, 3.63) is 48.7 Å². The Morgan fingerprint density at radius 1 is 1.32 bits per heavy atom. The normalized spacial score (nSPS) is 15.2. The Bertz CT molecular complexity index is 709. The number of nitrogens with zero attached hydrogens (tertiary/aromatic N) is 2. The molecule has 1 fully saturated rings. The lowest BCUT2D eigenvalue weighted by Gasteiger charge is -2.06. The molecule has 3 aromatic rings. The fraction of sp³-hybridized carbons (Fsp3) is 0.267. The second-order valence-electron chi connectivity index (χ2n) is 4.98. The number of fused-ring (bicyclic) bond motifs is 1. The largest absolute Gasteiger partial charge is 0.467 e. The lowest BCUT2D eigenvalue weighted by molar-refractivity contribution is 0.483. The zero-order valence-corrected chi connectivity index (χ0v) is 10.5. The summed E-state index contributed by atoms with van der Waals surface area (Å²) in [6.07, 6.45) is 8.13. The molecule has 4 heteroatoms. The number of hydrogen-bond donors (Lipinski definition) is 1. The van der Waals surface area contributed by atoms with Gasteiger partial charge in [0.15, 0.2) is 0 Å². The standard InChI is InChI=1S/C15H15N3O/c1-2-13(18-8-7-16-15(18)3-1)12-6-9-19-14(12)10-17-11-4-5-11/h1-3,6-9,11,17H,4-5,10H2. The van der Waals surface area contributed by atoms with E-state index >= 15 is 0 Å². The van der Waals surface area contributed by atoms with E-state index in [1.807, 2.05) is 30.6 Å². The van der Waals surface area contributed by atoms with Crippen LogP contribution in [0.25, 0.3) is 16.9 Å². The van der Waals surface area contributed by atoms with Gasteiger partial charge in [0, 0.05) is 24.0 Å². The molecule has 96 valence electrons. The zero-order chi connectivity index (χ0) is 12.7. The summed E-state index contributed by atoms with van der Waals surface area (Å²) < 4.78 is 7.72. The van der Waals surface area contributed by atoms with Crippen LogP contribution in [-0.2, 0) is 6.54 Å². The number of pyridine rings is 1. The highest BCUT2D eigenvalue weighted by Crippen LogP contribution is 2.27. The molecule has 4 nitrogen and oxygen atoms in total. The monoisotopic (exact) mass is 253 g/mol. The van der Waals surface area contributed by atoms with Gasteiger partial charge in [-0.05, 0) is 31.0 Å². The summed E-state index contributed by atoms with van der Waals surface area (Å²) in [6, 6.07) is 8.84. The van der Waals surface area contributed by atoms with Gasteiger partial charge < -0.3 is 9.73 Å². The summed E-state index contributed by atoms with van der Waals surface area (Å²) in [5.41, 5.74) is 3.22. The molecule has 0 radical (unpaired) electrons. The number of furan rings is 1. The molecule has 3 heterocycles. The van der Waals surface area contributed by atoms with E-state index in [1.54, 1.807) is 6.26 Å². The summed E-state index contributed by atoms with van der Waals surface area (Å²) in [5, 5.41) is 3.49. The fourth-order valence-electron chi connectivity index (χ4n) is 2.40. The van der Waals surface area contributed by atoms with Crippen LogP contribution in [0.2, 0.25) is 0 Å². The van der Waals surface area contributed by atoms with Crippen molar-refractivity contribution in [1.82, 2.24) is 14.7 Å². The predicted molar refractivity (Wildman–Crippen MR) is 72.8 cm³/mol. The van der Waals surface area contributed by atoms with E-state index in [0.717, 1.165) is 29.2 Å². The van der Waals surface area contributed by atoms with Crippen molar-refractivity contribution in [2.75, 3.05) is 0 Å². The smallest absolute Gasteiger partial charge is 0.137 e. The molecule has 0 amide bonds. The van der Waals surface area contributed by atoms with Gasteiger partial charge in [0.1, 0.15) is 11.4 Å². The molecule has 0 unspecified atom stereocenters. The molecule has 1 aliphatic carbocycles. The van der Waals surface area contributed by atoms with Crippen LogP contribution in [-0.4, -0.2) is 15.4 Å². The summed E-state index contributed by atoms with van der Waals surface area (Å²) in [5.74, 6) is 0.994. The van der Waals surface area contributed by atoms with Gasteiger partial charge in [0.05, 0.1) is 18.5 Å². The topological polar surface area (TPSA) is 42.5 Å². The van der Waals surface area contributed by atoms with E-state index < -0.39 is 0 Å². The fourth-order valence-corrected chi connectivity index (χ4v) is 2.40. The molecular formula is C15H15N3O. The van der Waals surface area contributed by atoms with Crippen LogP contribution in [0.3, 0.4) is 0 Å². The number of nitrogens with one attached hydrogen (secondary N) is 1. The van der Waals surface area contributed by atoms with Crippen LogP contribution >= 0.6 is 0 Å². The highest BCUT2D eigenvalue weighted by atomic mass is 16.3. The number of imidazole rings is 1. The first-order valence-electron chi connectivity index (χ1n) is 6.64. The molecule has 0 atom stereocenters. The molecule has 0 bridgehead atoms. The van der Waals surface area contributed by atoms with Gasteiger partial charge in [0.2, 0.25) is 0 Å². The molecule has 1 aliphatic rings. The highest BCUT2D eigenvalue weighted by Gasteiger charge is 2.21. The lowest BCUT2D eigenvalue weighted by Crippen LogP contribution is -2.15. The maximum absolute atomic E-state index is 5.63. The Morgan fingerprint density at radius 2 is 2.26 bits per heavy atom. The van der Waals surface area contributed by atoms with Crippen molar-refractivity contribution in [2.45, 2.75) is 25.4 Å². The molecule has 19 heavy (non-hydrogen) atoms. The molecular weight excluding hydrogens is 238 g/mol. The van der Waals surface area contributed by atoms with E-state index in [4.69, 9.17) is 4.42 Å². The first-order valence-corrected chi connectivity index (χ1v) is 6.64. The SMILES string of the molecule is c1cc(-c2ccoc2CNC2CC2)n2ccnc2c1. The van der Waals surface area contributed by atoms with Crippen LogP contribution < -0.4 is 5.32 Å². The lowest BCUT2D eigenvalue weighted by atomic mass is 10.1. The van der Waals surface area contributed by atoms with E-state index in [0.29, 0.717) is 6.04 Å². The zero-order valence-electron chi connectivity index (χ0n) is 10.5. The summed E-state index contributed by atoms with van der Waals surface area (Å²) in [7, 11) is 0. The van der Waals surface area contributed by atoms with Crippen LogP contribution in [0.5, 0.6) is 0 Å². The molecule has 0 aromatic carbocycles. The van der Waals surface area contributed by atoms with Gasteiger partial charge in [-0.3, -0.25) is 4.40 Å². The van der Waals surface area contributed by atoms with Crippen molar-refractivity contribution in [1.29, 1.82) is 0 Å². The molecule has 0 spiro atoms. The summed E-state index contributed by atoms with van der Waals surface area (Å²) in [4.78, 5) is 4.32. The van der Waals surface area contributed by atoms with Crippen LogP contribution in [0, 0.1) is 0 Å². The Kier molecular flexibility index (Phi) is 2.42. The first kappa shape index (κ1) is 10.8. The van der Waals surface area contributed by atoms with Gasteiger partial charge in [0.25, 0.3) is 0 Å². The average molecular weight is 253 g/mol. The van der Waals surface area contributed by atoms with Gasteiger partial charge >= 0.3 is 0 Å². The third-order valence-corrected chi connectivity index (χ3v) is 3.58. The molecule has 1 saturated carbocycles. The molecule has 1 N–H and O–H groups in total. The van der Waals surface area contributed by atoms with Gasteiger partial charge in [-0.2, -0.15) is 0 Å². The van der Waals surface area contributed by atoms with Crippen molar-refractivity contribution < 1.29 is 4.42 Å². The Balaban J connectivity index is 1.74. The quantitative estimate of drug-likeness (QED) is 0.777. The third kappa shape index (κ3) is 1.94. The summed E-state index contributed by atoms with van der Waals surface area (Å²) in [6.45, 7) is 0.790. The van der Waals surface area contributed by atoms with Crippen LogP contribution in [0.4, 0.5) is 0 Å². The summed E-state index contributed by atoms with van der Waals surface area (Å²) >= 11 is 0. The van der Waals surface area contributed by atoms with Crippen molar-refractivity contribution in [3.63, 3.8) is 0 Å². The minimum atomic E-state index is 0.682. The molecule has 0 aliphatic heterocycles. The molecule has 4 rings (SSSR count). The van der Waals surface area contributed by atoms with Crippen molar-refractivity contribution >= 4 is 5.65 Å². The van der Waals surface area contributed by atoms with Crippen LogP contribution in [0.1, 0.15) is 18.6 Å². The predicted octanol–water partition coefficient (Wildman–Crippen LogP) is 2.85. The van der Waals surface area contributed by atoms with E-state index in [9.17, 15) is 0 Å². The molecule has 0 saturated heterocycles. The minimum Gasteiger partial charge on any atom is -0.467 e. The second-order valence-corrected chi connectivity index (χ2v) is 4.98. The second kappa shape index (κ2) is 4.24. The van der Waals surface area contributed by atoms with E-state index in [2.05, 4.69) is 20.8 Å². The Morgan fingerprint density at radius 3 is 3.16 bits per heavy atom. The average Bonchev–Trinajstić information content (AvgIpc) is 2.96. The third-order valence-electron chi connectivity index (χ3n) is 3.58. The minimum absolute atomic E-state index is 0.682. The number of aromatic nitrogens is 2. The van der Waals surface area contributed by atoms with Crippen LogP contribution in [0.15, 0.2) is 47.3 Å². The van der Waals surface area contributed by atoms with Gasteiger partial charge in [-0.1, -0.05) is 6.07 Å². The number of rotatable bonds is 4. The van der Waals surface area contributed by atoms with Crippen molar-refractivity contribution in [3.8, 4) is 11.3 Å². The first-order chi connectivity index (χ1) is 9.42. The van der Waals surface area contributed by atoms with E-state index in [-0.39, 0.29) is 0 Å². The highest BCUT2D eigenvalue weighted by molar-refractivity contribution is 5.65. The van der Waals surface area contributed by atoms with Gasteiger partial charge in [-0.15, -0.1) is 0 Å². The maximum atomic E-state index is 5.63. The Labute approximate surface area is 111 Å². The molecule has 3 aromatic heterocycles. The number of hydrogen-bond acceptors (Lipinski definition) is 3. The van der Waals surface area contributed by atoms with Crippen molar-refractivity contribution in [2.24, 2.45) is 0 Å². The van der Waals surface area contributed by atoms with E-state index in [1.165, 1.54) is 12.8 Å². The Hall–Kier alpha value is -2.07. The van der Waals surface area contributed by atoms with Gasteiger partial charge in [-0.25, -0.2) is 4.98 Å². The maximum Gasteiger partial charge on any atom is 0.137 e.